The lowest BCUT2D eigenvalue weighted by molar-refractivity contribution is 0.0231. The molecule has 3 aromatic rings. The first-order valence-corrected chi connectivity index (χ1v) is 8.26. The SMILES string of the molecule is CN(C)c1ccc2c(c1)C(=O)OC2(c1ccccc1)c1cccn1C. The summed E-state index contributed by atoms with van der Waals surface area (Å²) in [4.78, 5) is 14.8. The Morgan fingerprint density at radius 2 is 1.76 bits per heavy atom. The first kappa shape index (κ1) is 15.5. The number of hydrogen-bond donors (Lipinski definition) is 0. The molecule has 1 aliphatic heterocycles. The van der Waals surface area contributed by atoms with Crippen LogP contribution < -0.4 is 4.90 Å². The third-order valence-corrected chi connectivity index (χ3v) is 4.85. The molecule has 1 aromatic heterocycles. The second kappa shape index (κ2) is 5.52. The lowest BCUT2D eigenvalue weighted by atomic mass is 9.82. The van der Waals surface area contributed by atoms with E-state index in [2.05, 4.69) is 0 Å². The van der Waals surface area contributed by atoms with E-state index in [9.17, 15) is 4.79 Å². The van der Waals surface area contributed by atoms with Crippen molar-refractivity contribution in [1.82, 2.24) is 4.57 Å². The van der Waals surface area contributed by atoms with Crippen LogP contribution in [0.4, 0.5) is 5.69 Å². The Bertz CT molecular complexity index is 944. The second-order valence-corrected chi connectivity index (χ2v) is 6.57. The maximum absolute atomic E-state index is 12.8. The largest absolute Gasteiger partial charge is 0.439 e. The lowest BCUT2D eigenvalue weighted by Gasteiger charge is -2.30. The second-order valence-electron chi connectivity index (χ2n) is 6.57. The number of anilines is 1. The van der Waals surface area contributed by atoms with Gasteiger partial charge in [-0.15, -0.1) is 0 Å². The van der Waals surface area contributed by atoms with E-state index in [0.29, 0.717) is 5.56 Å². The van der Waals surface area contributed by atoms with Crippen molar-refractivity contribution >= 4 is 11.7 Å². The number of carbonyl (C=O) groups is 1. The fourth-order valence-corrected chi connectivity index (χ4v) is 3.59. The summed E-state index contributed by atoms with van der Waals surface area (Å²) in [5.41, 5.74) is 3.44. The Balaban J connectivity index is 2.03. The van der Waals surface area contributed by atoms with Crippen molar-refractivity contribution in [2.45, 2.75) is 5.60 Å². The molecule has 1 unspecified atom stereocenters. The van der Waals surface area contributed by atoms with Gasteiger partial charge in [-0.2, -0.15) is 0 Å². The van der Waals surface area contributed by atoms with Crippen LogP contribution >= 0.6 is 0 Å². The highest BCUT2D eigenvalue weighted by molar-refractivity contribution is 5.97. The van der Waals surface area contributed by atoms with Crippen molar-refractivity contribution in [3.63, 3.8) is 0 Å². The van der Waals surface area contributed by atoms with Crippen LogP contribution in [0.25, 0.3) is 0 Å². The number of rotatable bonds is 3. The highest BCUT2D eigenvalue weighted by Gasteiger charge is 2.49. The maximum Gasteiger partial charge on any atom is 0.340 e. The number of carbonyl (C=O) groups excluding carboxylic acids is 1. The number of fused-ring (bicyclic) bond motifs is 1. The number of ether oxygens (including phenoxy) is 1. The van der Waals surface area contributed by atoms with E-state index >= 15 is 0 Å². The highest BCUT2D eigenvalue weighted by Crippen LogP contribution is 2.47. The summed E-state index contributed by atoms with van der Waals surface area (Å²) < 4.78 is 8.10. The van der Waals surface area contributed by atoms with Crippen LogP contribution in [-0.4, -0.2) is 24.6 Å². The summed E-state index contributed by atoms with van der Waals surface area (Å²) in [5.74, 6) is -0.288. The molecule has 2 heterocycles. The van der Waals surface area contributed by atoms with Crippen LogP contribution in [0.2, 0.25) is 0 Å². The summed E-state index contributed by atoms with van der Waals surface area (Å²) in [5, 5.41) is 0. The van der Waals surface area contributed by atoms with E-state index in [1.54, 1.807) is 0 Å². The zero-order valence-electron chi connectivity index (χ0n) is 14.6. The zero-order valence-corrected chi connectivity index (χ0v) is 14.6. The van der Waals surface area contributed by atoms with Crippen LogP contribution in [-0.2, 0) is 17.4 Å². The summed E-state index contributed by atoms with van der Waals surface area (Å²) in [7, 11) is 5.90. The Hall–Kier alpha value is -3.01. The van der Waals surface area contributed by atoms with Gasteiger partial charge >= 0.3 is 5.97 Å². The average Bonchev–Trinajstić information content (AvgIpc) is 3.17. The minimum Gasteiger partial charge on any atom is -0.439 e. The molecule has 4 heteroatoms. The molecule has 0 amide bonds. The van der Waals surface area contributed by atoms with E-state index in [0.717, 1.165) is 22.5 Å². The maximum atomic E-state index is 12.8. The van der Waals surface area contributed by atoms with Gasteiger partial charge in [0.05, 0.1) is 11.3 Å². The van der Waals surface area contributed by atoms with Crippen molar-refractivity contribution < 1.29 is 9.53 Å². The first-order chi connectivity index (χ1) is 12.0. The Kier molecular flexibility index (Phi) is 3.42. The van der Waals surface area contributed by atoms with E-state index in [1.165, 1.54) is 0 Å². The van der Waals surface area contributed by atoms with Gasteiger partial charge in [-0.05, 0) is 24.3 Å². The summed E-state index contributed by atoms with van der Waals surface area (Å²) in [6, 6.07) is 19.9. The third kappa shape index (κ3) is 2.18. The normalized spacial score (nSPS) is 18.8. The quantitative estimate of drug-likeness (QED) is 0.688. The third-order valence-electron chi connectivity index (χ3n) is 4.85. The Morgan fingerprint density at radius 3 is 2.40 bits per heavy atom. The van der Waals surface area contributed by atoms with Crippen molar-refractivity contribution in [1.29, 1.82) is 0 Å². The van der Waals surface area contributed by atoms with Gasteiger partial charge in [0.1, 0.15) is 0 Å². The number of cyclic esters (lactones) is 1. The van der Waals surface area contributed by atoms with E-state index in [-0.39, 0.29) is 5.97 Å². The van der Waals surface area contributed by atoms with Crippen molar-refractivity contribution in [3.8, 4) is 0 Å². The Morgan fingerprint density at radius 1 is 1.00 bits per heavy atom. The smallest absolute Gasteiger partial charge is 0.340 e. The molecule has 2 aromatic carbocycles. The fraction of sp³-hybridized carbons (Fsp3) is 0.190. The average molecular weight is 332 g/mol. The fourth-order valence-electron chi connectivity index (χ4n) is 3.59. The lowest BCUT2D eigenvalue weighted by Crippen LogP contribution is -2.31. The van der Waals surface area contributed by atoms with Crippen LogP contribution in [0.1, 0.15) is 27.2 Å². The van der Waals surface area contributed by atoms with Gasteiger partial charge in [0.25, 0.3) is 0 Å². The molecule has 0 fully saturated rings. The van der Waals surface area contributed by atoms with Crippen LogP contribution in [0, 0.1) is 0 Å². The summed E-state index contributed by atoms with van der Waals surface area (Å²) in [6.07, 6.45) is 1.97. The molecule has 4 nitrogen and oxygen atoms in total. The standard InChI is InChI=1S/C21H20N2O2/c1-22(2)16-11-12-18-17(14-16)20(24)25-21(18,15-8-5-4-6-9-15)19-10-7-13-23(19)3/h4-14H,1-3H3. The summed E-state index contributed by atoms with van der Waals surface area (Å²) >= 11 is 0. The predicted molar refractivity (Wildman–Crippen MR) is 97.9 cm³/mol. The van der Waals surface area contributed by atoms with E-state index < -0.39 is 5.60 Å². The van der Waals surface area contributed by atoms with Gasteiger partial charge in [-0.1, -0.05) is 36.4 Å². The molecule has 0 spiro atoms. The molecular weight excluding hydrogens is 312 g/mol. The molecule has 0 saturated heterocycles. The van der Waals surface area contributed by atoms with E-state index in [4.69, 9.17) is 4.74 Å². The molecule has 0 radical (unpaired) electrons. The van der Waals surface area contributed by atoms with Crippen LogP contribution in [0.15, 0.2) is 66.9 Å². The van der Waals surface area contributed by atoms with Crippen LogP contribution in [0.5, 0.6) is 0 Å². The number of esters is 1. The highest BCUT2D eigenvalue weighted by atomic mass is 16.6. The minimum atomic E-state index is -0.920. The molecule has 4 rings (SSSR count). The zero-order chi connectivity index (χ0) is 17.6. The molecule has 1 aliphatic rings. The summed E-state index contributed by atoms with van der Waals surface area (Å²) in [6.45, 7) is 0. The van der Waals surface area contributed by atoms with Crippen molar-refractivity contribution in [2.24, 2.45) is 7.05 Å². The van der Waals surface area contributed by atoms with Crippen molar-refractivity contribution in [2.75, 3.05) is 19.0 Å². The monoisotopic (exact) mass is 332 g/mol. The number of aryl methyl sites for hydroxylation is 1. The number of aromatic nitrogens is 1. The van der Waals surface area contributed by atoms with Gasteiger partial charge in [0.2, 0.25) is 5.60 Å². The Labute approximate surface area is 147 Å². The minimum absolute atomic E-state index is 0.288. The van der Waals surface area contributed by atoms with Gasteiger partial charge in [-0.3, -0.25) is 0 Å². The van der Waals surface area contributed by atoms with Crippen LogP contribution in [0.3, 0.4) is 0 Å². The molecule has 0 saturated carbocycles. The van der Waals surface area contributed by atoms with Crippen molar-refractivity contribution in [3.05, 3.63) is 89.2 Å². The predicted octanol–water partition coefficient (Wildman–Crippen LogP) is 3.55. The van der Waals surface area contributed by atoms with E-state index in [1.807, 2.05) is 97.5 Å². The van der Waals surface area contributed by atoms with Gasteiger partial charge in [-0.25, -0.2) is 4.79 Å². The van der Waals surface area contributed by atoms with Gasteiger partial charge in [0.15, 0.2) is 0 Å². The molecule has 25 heavy (non-hydrogen) atoms. The molecule has 1 atom stereocenters. The topological polar surface area (TPSA) is 34.5 Å². The number of benzene rings is 2. The van der Waals surface area contributed by atoms with Gasteiger partial charge in [0, 0.05) is 44.2 Å². The first-order valence-electron chi connectivity index (χ1n) is 8.26. The molecular formula is C21H20N2O2. The molecule has 126 valence electrons. The number of nitrogens with zero attached hydrogens (tertiary/aromatic N) is 2. The van der Waals surface area contributed by atoms with Gasteiger partial charge < -0.3 is 14.2 Å². The number of hydrogen-bond acceptors (Lipinski definition) is 3. The molecule has 0 aliphatic carbocycles. The molecule has 0 bridgehead atoms. The molecule has 0 N–H and O–H groups in total.